The Morgan fingerprint density at radius 2 is 1.78 bits per heavy atom. The lowest BCUT2D eigenvalue weighted by Crippen LogP contribution is -2.20. The fourth-order valence-electron chi connectivity index (χ4n) is 4.05. The van der Waals surface area contributed by atoms with E-state index < -0.39 is 41.5 Å². The first-order valence-electron chi connectivity index (χ1n) is 10.9. The van der Waals surface area contributed by atoms with Gasteiger partial charge in [-0.25, -0.2) is 18.2 Å². The number of alkyl halides is 5. The van der Waals surface area contributed by atoms with Crippen LogP contribution >= 0.6 is 0 Å². The van der Waals surface area contributed by atoms with Gasteiger partial charge in [-0.15, -0.1) is 0 Å². The van der Waals surface area contributed by atoms with Crippen molar-refractivity contribution >= 4 is 22.7 Å². The van der Waals surface area contributed by atoms with E-state index in [0.717, 1.165) is 30.5 Å². The highest BCUT2D eigenvalue weighted by atomic mass is 19.4. The monoisotopic (exact) mass is 514 g/mol. The van der Waals surface area contributed by atoms with Crippen LogP contribution in [0.5, 0.6) is 0 Å². The van der Waals surface area contributed by atoms with E-state index in [-0.39, 0.29) is 22.6 Å². The Morgan fingerprint density at radius 3 is 2.51 bits per heavy atom. The zero-order valence-corrected chi connectivity index (χ0v) is 18.7. The first kappa shape index (κ1) is 24.3. The molecule has 1 aromatic carbocycles. The molecule has 5 nitrogen and oxygen atoms in total. The molecule has 1 amide bonds. The Balaban J connectivity index is 1.59. The molecule has 1 aliphatic rings. The Hall–Kier alpha value is -4.41. The number of imidazole rings is 1. The summed E-state index contributed by atoms with van der Waals surface area (Å²) in [5, 5.41) is 2.32. The van der Waals surface area contributed by atoms with Gasteiger partial charge < -0.3 is 5.32 Å². The predicted octanol–water partition coefficient (Wildman–Crippen LogP) is 6.44. The fraction of sp³-hybridized carbons (Fsp3) is 0.115. The number of pyridine rings is 2. The molecule has 188 valence electrons. The predicted molar refractivity (Wildman–Crippen MR) is 125 cm³/mol. The van der Waals surface area contributed by atoms with Gasteiger partial charge >= 0.3 is 6.18 Å². The van der Waals surface area contributed by atoms with Crippen LogP contribution in [0.1, 0.15) is 21.9 Å². The molecule has 0 aliphatic heterocycles. The fourth-order valence-corrected chi connectivity index (χ4v) is 4.05. The molecule has 0 bridgehead atoms. The van der Waals surface area contributed by atoms with Crippen LogP contribution in [0.2, 0.25) is 0 Å². The minimum atomic E-state index is -4.93. The number of aromatic nitrogens is 3. The maximum atomic E-state index is 14.5. The maximum absolute atomic E-state index is 14.5. The van der Waals surface area contributed by atoms with Crippen molar-refractivity contribution in [1.82, 2.24) is 14.4 Å². The van der Waals surface area contributed by atoms with E-state index in [4.69, 9.17) is 0 Å². The van der Waals surface area contributed by atoms with Gasteiger partial charge in [0.1, 0.15) is 11.6 Å². The van der Waals surface area contributed by atoms with Gasteiger partial charge in [-0.2, -0.15) is 13.2 Å². The van der Waals surface area contributed by atoms with Crippen LogP contribution in [0.15, 0.2) is 79.3 Å². The van der Waals surface area contributed by atoms with E-state index in [0.29, 0.717) is 11.1 Å². The van der Waals surface area contributed by atoms with Gasteiger partial charge in [-0.1, -0.05) is 18.2 Å². The molecule has 1 N–H and O–H groups in total. The van der Waals surface area contributed by atoms with Gasteiger partial charge in [0.2, 0.25) is 0 Å². The number of nitrogens with zero attached hydrogens (tertiary/aromatic N) is 3. The van der Waals surface area contributed by atoms with E-state index in [9.17, 15) is 31.1 Å². The summed E-state index contributed by atoms with van der Waals surface area (Å²) in [6.45, 7) is 0. The Kier molecular flexibility index (Phi) is 6.06. The third kappa shape index (κ3) is 4.59. The topological polar surface area (TPSA) is 59.3 Å². The molecule has 2 atom stereocenters. The Labute approximate surface area is 205 Å². The average molecular weight is 514 g/mol. The summed E-state index contributed by atoms with van der Waals surface area (Å²) in [4.78, 5) is 20.6. The largest absolute Gasteiger partial charge is 0.434 e. The number of carbonyl (C=O) groups is 1. The van der Waals surface area contributed by atoms with Crippen LogP contribution in [0.3, 0.4) is 0 Å². The highest BCUT2D eigenvalue weighted by Gasteiger charge is 2.37. The van der Waals surface area contributed by atoms with Gasteiger partial charge in [0.15, 0.2) is 18.0 Å². The molecule has 0 fully saturated rings. The van der Waals surface area contributed by atoms with Crippen molar-refractivity contribution in [2.24, 2.45) is 0 Å². The normalized spacial score (nSPS) is 17.6. The second-order valence-electron chi connectivity index (χ2n) is 8.19. The maximum Gasteiger partial charge on any atom is 0.434 e. The summed E-state index contributed by atoms with van der Waals surface area (Å²) in [7, 11) is 0. The van der Waals surface area contributed by atoms with Gasteiger partial charge in [-0.05, 0) is 42.5 Å². The quantitative estimate of drug-likeness (QED) is 0.319. The van der Waals surface area contributed by atoms with E-state index in [2.05, 4.69) is 15.3 Å². The summed E-state index contributed by atoms with van der Waals surface area (Å²) >= 11 is 0. The summed E-state index contributed by atoms with van der Waals surface area (Å²) in [6.07, 6.45) is -0.930. The summed E-state index contributed by atoms with van der Waals surface area (Å²) in [6, 6.07) is 8.70. The van der Waals surface area contributed by atoms with Crippen LogP contribution in [0.4, 0.5) is 32.0 Å². The van der Waals surface area contributed by atoms with Crippen molar-refractivity contribution in [2.45, 2.75) is 18.5 Å². The first-order valence-corrected chi connectivity index (χ1v) is 10.9. The molecule has 3 heterocycles. The number of fused-ring (bicyclic) bond motifs is 1. The molecular weight excluding hydrogens is 498 g/mol. The Bertz CT molecular complexity index is 1560. The van der Waals surface area contributed by atoms with Crippen LogP contribution in [-0.4, -0.2) is 32.6 Å². The second-order valence-corrected chi connectivity index (χ2v) is 8.19. The molecule has 0 saturated carbocycles. The first-order chi connectivity index (χ1) is 17.6. The lowest BCUT2D eigenvalue weighted by Gasteiger charge is -2.17. The summed E-state index contributed by atoms with van der Waals surface area (Å²) in [5.74, 6) is -1.54. The van der Waals surface area contributed by atoms with Crippen molar-refractivity contribution < 1.29 is 31.1 Å². The lowest BCUT2D eigenvalue weighted by atomic mass is 10.0. The van der Waals surface area contributed by atoms with Crippen molar-refractivity contribution in [3.8, 4) is 11.1 Å². The molecule has 4 aromatic rings. The molecule has 1 aliphatic carbocycles. The lowest BCUT2D eigenvalue weighted by molar-refractivity contribution is -0.141. The van der Waals surface area contributed by atoms with Gasteiger partial charge in [0.05, 0.1) is 17.3 Å². The molecule has 3 aromatic heterocycles. The SMILES string of the molecule is O=C(Nc1ccc(F)cc1)c1cc(-c2cccn3c(C4=CC=CC(F)C4F)ncc23)cnc1C(F)(F)F. The molecule has 0 saturated heterocycles. The van der Waals surface area contributed by atoms with Crippen molar-refractivity contribution in [1.29, 1.82) is 0 Å². The van der Waals surface area contributed by atoms with Crippen molar-refractivity contribution in [2.75, 3.05) is 5.32 Å². The smallest absolute Gasteiger partial charge is 0.322 e. The van der Waals surface area contributed by atoms with E-state index in [1.165, 1.54) is 34.9 Å². The number of amides is 1. The number of hydrogen-bond acceptors (Lipinski definition) is 3. The van der Waals surface area contributed by atoms with Crippen molar-refractivity contribution in [3.63, 3.8) is 0 Å². The molecule has 11 heteroatoms. The zero-order chi connectivity index (χ0) is 26.3. The summed E-state index contributed by atoms with van der Waals surface area (Å²) in [5.41, 5.74) is -1.15. The number of benzene rings is 1. The third-order valence-electron chi connectivity index (χ3n) is 5.79. The highest BCUT2D eigenvalue weighted by molar-refractivity contribution is 6.06. The van der Waals surface area contributed by atoms with Crippen LogP contribution in [0, 0.1) is 5.82 Å². The number of hydrogen-bond donors (Lipinski definition) is 1. The van der Waals surface area contributed by atoms with E-state index in [1.807, 2.05) is 0 Å². The molecular formula is C26H16F6N4O. The van der Waals surface area contributed by atoms with Crippen LogP contribution in [0.25, 0.3) is 22.2 Å². The van der Waals surface area contributed by atoms with E-state index in [1.54, 1.807) is 18.3 Å². The van der Waals surface area contributed by atoms with Gasteiger partial charge in [0, 0.05) is 34.8 Å². The Morgan fingerprint density at radius 1 is 1.03 bits per heavy atom. The zero-order valence-electron chi connectivity index (χ0n) is 18.7. The number of anilines is 1. The average Bonchev–Trinajstić information content (AvgIpc) is 3.30. The molecule has 2 unspecified atom stereocenters. The number of nitrogens with one attached hydrogen (secondary N) is 1. The van der Waals surface area contributed by atoms with E-state index >= 15 is 0 Å². The minimum Gasteiger partial charge on any atom is -0.322 e. The molecule has 0 radical (unpaired) electrons. The van der Waals surface area contributed by atoms with Crippen molar-refractivity contribution in [3.05, 3.63) is 102 Å². The van der Waals surface area contributed by atoms with Gasteiger partial charge in [-0.3, -0.25) is 14.2 Å². The molecule has 5 rings (SSSR count). The molecule has 0 spiro atoms. The van der Waals surface area contributed by atoms with Crippen LogP contribution in [-0.2, 0) is 6.18 Å². The number of carbonyl (C=O) groups excluding carboxylic acids is 1. The van der Waals surface area contributed by atoms with Crippen LogP contribution < -0.4 is 5.32 Å². The third-order valence-corrected chi connectivity index (χ3v) is 5.79. The highest BCUT2D eigenvalue weighted by Crippen LogP contribution is 2.35. The van der Waals surface area contributed by atoms with Gasteiger partial charge in [0.25, 0.3) is 5.91 Å². The minimum absolute atomic E-state index is 0.0112. The number of rotatable bonds is 4. The standard InChI is InChI=1S/C26H16F6N4O/c27-15-6-8-16(9-7-15)35-25(37)19-11-14(12-33-23(19)26(30,31)32)17-4-2-10-36-21(17)13-34-24(36)18-3-1-5-20(28)22(18)29/h1-13,20,22H,(H,35,37). The molecule has 37 heavy (non-hydrogen) atoms. The number of halogens is 6. The summed E-state index contributed by atoms with van der Waals surface area (Å²) < 4.78 is 84.1. The second kappa shape index (κ2) is 9.23. The number of allylic oxidation sites excluding steroid dienone is 4.